The minimum Gasteiger partial charge on any atom is -0.457 e. The van der Waals surface area contributed by atoms with E-state index in [4.69, 9.17) is 16.3 Å². The zero-order valence-corrected chi connectivity index (χ0v) is 19.5. The van der Waals surface area contributed by atoms with E-state index in [1.807, 2.05) is 30.3 Å². The molecule has 4 rings (SSSR count). The van der Waals surface area contributed by atoms with Gasteiger partial charge >= 0.3 is 0 Å². The molecule has 0 spiro atoms. The summed E-state index contributed by atoms with van der Waals surface area (Å²) >= 11 is 6.13. The monoisotopic (exact) mass is 492 g/mol. The molecular weight excluding hydrogens is 472 g/mol. The predicted molar refractivity (Wildman–Crippen MR) is 134 cm³/mol. The molecule has 0 atom stereocenters. The number of anilines is 2. The van der Waals surface area contributed by atoms with Gasteiger partial charge in [-0.3, -0.25) is 9.10 Å². The maximum atomic E-state index is 13.5. The molecule has 6 nitrogen and oxygen atoms in total. The molecule has 4 aromatic rings. The fourth-order valence-corrected chi connectivity index (χ4v) is 4.85. The number of nitrogens with zero attached hydrogens (tertiary/aromatic N) is 1. The van der Waals surface area contributed by atoms with Crippen LogP contribution in [0.1, 0.15) is 0 Å². The molecule has 0 aromatic heterocycles. The van der Waals surface area contributed by atoms with Crippen LogP contribution < -0.4 is 14.4 Å². The van der Waals surface area contributed by atoms with Gasteiger partial charge in [-0.15, -0.1) is 0 Å². The lowest BCUT2D eigenvalue weighted by atomic mass is 10.3. The quantitative estimate of drug-likeness (QED) is 0.329. The van der Waals surface area contributed by atoms with Gasteiger partial charge in [-0.2, -0.15) is 0 Å². The highest BCUT2D eigenvalue weighted by Gasteiger charge is 2.27. The van der Waals surface area contributed by atoms with E-state index in [2.05, 4.69) is 5.32 Å². The molecule has 0 unspecified atom stereocenters. The first-order valence-corrected chi connectivity index (χ1v) is 12.2. The average molecular weight is 493 g/mol. The minimum atomic E-state index is -4.02. The third kappa shape index (κ3) is 5.57. The molecule has 0 saturated carbocycles. The molecule has 1 N–H and O–H groups in total. The van der Waals surface area contributed by atoms with Crippen molar-refractivity contribution in [2.24, 2.45) is 0 Å². The van der Waals surface area contributed by atoms with Gasteiger partial charge in [-0.1, -0.05) is 60.1 Å². The smallest absolute Gasteiger partial charge is 0.264 e. The normalized spacial score (nSPS) is 11.0. The molecule has 0 aliphatic rings. The van der Waals surface area contributed by atoms with Gasteiger partial charge in [0.15, 0.2) is 0 Å². The molecule has 4 aromatic carbocycles. The van der Waals surface area contributed by atoms with Crippen molar-refractivity contribution in [3.8, 4) is 11.5 Å². The highest BCUT2D eigenvalue weighted by Crippen LogP contribution is 2.28. The van der Waals surface area contributed by atoms with Crippen LogP contribution in [0.25, 0.3) is 0 Å². The summed E-state index contributed by atoms with van der Waals surface area (Å²) in [6.45, 7) is -0.443. The van der Waals surface area contributed by atoms with Crippen molar-refractivity contribution in [1.29, 1.82) is 0 Å². The molecule has 8 heteroatoms. The summed E-state index contributed by atoms with van der Waals surface area (Å²) in [5.41, 5.74) is 0.719. The van der Waals surface area contributed by atoms with Gasteiger partial charge in [0, 0.05) is 0 Å². The number of hydrogen-bond acceptors (Lipinski definition) is 4. The number of carbonyl (C=O) groups excluding carboxylic acids is 1. The van der Waals surface area contributed by atoms with Gasteiger partial charge < -0.3 is 10.1 Å². The Morgan fingerprint density at radius 2 is 1.32 bits per heavy atom. The van der Waals surface area contributed by atoms with Crippen molar-refractivity contribution in [3.63, 3.8) is 0 Å². The summed E-state index contributed by atoms with van der Waals surface area (Å²) in [5, 5.41) is 3.03. The van der Waals surface area contributed by atoms with Crippen LogP contribution in [0.4, 0.5) is 11.4 Å². The Labute approximate surface area is 203 Å². The van der Waals surface area contributed by atoms with Gasteiger partial charge in [0.1, 0.15) is 18.0 Å². The van der Waals surface area contributed by atoms with Crippen LogP contribution in [-0.2, 0) is 14.8 Å². The number of ether oxygens (including phenoxy) is 1. The Morgan fingerprint density at radius 3 is 1.97 bits per heavy atom. The third-order valence-corrected chi connectivity index (χ3v) is 6.99. The second kappa shape index (κ2) is 10.4. The predicted octanol–water partition coefficient (Wildman–Crippen LogP) is 5.97. The second-order valence-electron chi connectivity index (χ2n) is 7.26. The molecule has 0 aliphatic carbocycles. The highest BCUT2D eigenvalue weighted by molar-refractivity contribution is 7.92. The van der Waals surface area contributed by atoms with Crippen molar-refractivity contribution in [1.82, 2.24) is 0 Å². The Bertz CT molecular complexity index is 1360. The van der Waals surface area contributed by atoms with Crippen molar-refractivity contribution in [3.05, 3.63) is 114 Å². The van der Waals surface area contributed by atoms with E-state index in [1.54, 1.807) is 66.7 Å². The standard InChI is InChI=1S/C26H21ClN2O4S/c27-24-13-7-8-14-25(24)28-26(30)19-29(34(31,32)23-11-5-2-6-12-23)20-15-17-22(18-16-20)33-21-9-3-1-4-10-21/h1-18H,19H2,(H,28,30). The first kappa shape index (κ1) is 23.4. The first-order chi connectivity index (χ1) is 16.4. The lowest BCUT2D eigenvalue weighted by molar-refractivity contribution is -0.114. The maximum absolute atomic E-state index is 13.5. The van der Waals surface area contributed by atoms with Crippen LogP contribution in [0.5, 0.6) is 11.5 Å². The molecule has 0 fully saturated rings. The van der Waals surface area contributed by atoms with Crippen LogP contribution in [0, 0.1) is 0 Å². The Kier molecular flexibility index (Phi) is 7.15. The Hall–Kier alpha value is -3.81. The summed E-state index contributed by atoms with van der Waals surface area (Å²) in [6.07, 6.45) is 0. The largest absolute Gasteiger partial charge is 0.457 e. The molecule has 0 bridgehead atoms. The number of amides is 1. The summed E-state index contributed by atoms with van der Waals surface area (Å²) < 4.78 is 33.8. The first-order valence-electron chi connectivity index (χ1n) is 10.4. The molecule has 1 amide bonds. The summed E-state index contributed by atoms with van der Waals surface area (Å²) in [7, 11) is -4.02. The topological polar surface area (TPSA) is 75.7 Å². The number of carbonyl (C=O) groups is 1. The van der Waals surface area contributed by atoms with Crippen LogP contribution >= 0.6 is 11.6 Å². The van der Waals surface area contributed by atoms with Crippen LogP contribution in [0.15, 0.2) is 114 Å². The lowest BCUT2D eigenvalue weighted by Crippen LogP contribution is -2.38. The minimum absolute atomic E-state index is 0.0742. The van der Waals surface area contributed by atoms with E-state index in [9.17, 15) is 13.2 Å². The summed E-state index contributed by atoms with van der Waals surface area (Å²) in [5.74, 6) is 0.660. The van der Waals surface area contributed by atoms with Crippen molar-refractivity contribution in [2.75, 3.05) is 16.2 Å². The van der Waals surface area contributed by atoms with Crippen molar-refractivity contribution in [2.45, 2.75) is 4.90 Å². The van der Waals surface area contributed by atoms with Gasteiger partial charge in [-0.05, 0) is 60.7 Å². The van der Waals surface area contributed by atoms with E-state index < -0.39 is 22.5 Å². The van der Waals surface area contributed by atoms with Crippen molar-refractivity contribution >= 4 is 38.9 Å². The molecule has 0 heterocycles. The number of para-hydroxylation sites is 2. The zero-order valence-electron chi connectivity index (χ0n) is 18.0. The SMILES string of the molecule is O=C(CN(c1ccc(Oc2ccccc2)cc1)S(=O)(=O)c1ccccc1)Nc1ccccc1Cl. The van der Waals surface area contributed by atoms with E-state index in [1.165, 1.54) is 12.1 Å². The van der Waals surface area contributed by atoms with Gasteiger partial charge in [0.05, 0.1) is 21.3 Å². The second-order valence-corrected chi connectivity index (χ2v) is 9.53. The summed E-state index contributed by atoms with van der Waals surface area (Å²) in [6, 6.07) is 30.5. The van der Waals surface area contributed by atoms with E-state index in [0.29, 0.717) is 27.9 Å². The molecule has 172 valence electrons. The van der Waals surface area contributed by atoms with E-state index >= 15 is 0 Å². The van der Waals surface area contributed by atoms with Crippen LogP contribution in [-0.4, -0.2) is 20.9 Å². The van der Waals surface area contributed by atoms with Crippen LogP contribution in [0.3, 0.4) is 0 Å². The van der Waals surface area contributed by atoms with Gasteiger partial charge in [-0.25, -0.2) is 8.42 Å². The van der Waals surface area contributed by atoms with Crippen molar-refractivity contribution < 1.29 is 17.9 Å². The van der Waals surface area contributed by atoms with E-state index in [-0.39, 0.29) is 4.90 Å². The molecule has 0 radical (unpaired) electrons. The molecule has 0 aliphatic heterocycles. The average Bonchev–Trinajstić information content (AvgIpc) is 2.86. The van der Waals surface area contributed by atoms with Gasteiger partial charge in [0.2, 0.25) is 5.91 Å². The third-order valence-electron chi connectivity index (χ3n) is 4.87. The Morgan fingerprint density at radius 1 is 0.765 bits per heavy atom. The lowest BCUT2D eigenvalue weighted by Gasteiger charge is -2.24. The molecular formula is C26H21ClN2O4S. The van der Waals surface area contributed by atoms with Crippen LogP contribution in [0.2, 0.25) is 5.02 Å². The Balaban J connectivity index is 1.62. The number of benzene rings is 4. The fourth-order valence-electron chi connectivity index (χ4n) is 3.22. The number of rotatable bonds is 8. The number of sulfonamides is 1. The number of halogens is 1. The van der Waals surface area contributed by atoms with E-state index in [0.717, 1.165) is 4.31 Å². The van der Waals surface area contributed by atoms with Gasteiger partial charge in [0.25, 0.3) is 10.0 Å². The fraction of sp³-hybridized carbons (Fsp3) is 0.0385. The highest BCUT2D eigenvalue weighted by atomic mass is 35.5. The molecule has 0 saturated heterocycles. The number of nitrogens with one attached hydrogen (secondary N) is 1. The molecule has 34 heavy (non-hydrogen) atoms. The number of hydrogen-bond donors (Lipinski definition) is 1. The zero-order chi connectivity index (χ0) is 24.0. The maximum Gasteiger partial charge on any atom is 0.264 e. The summed E-state index contributed by atoms with van der Waals surface area (Å²) in [4.78, 5) is 12.9.